The molecule has 1 aromatic carbocycles. The summed E-state index contributed by atoms with van der Waals surface area (Å²) in [4.78, 5) is 12.0. The molecule has 1 saturated carbocycles. The minimum absolute atomic E-state index is 0.150. The van der Waals surface area contributed by atoms with E-state index in [1.54, 1.807) is 6.07 Å². The molecular formula is C15H19BrFNO2. The van der Waals surface area contributed by atoms with Crippen LogP contribution in [0.2, 0.25) is 0 Å². The number of hydrogen-bond donors (Lipinski definition) is 1. The molecule has 2 unspecified atom stereocenters. The molecule has 0 saturated heterocycles. The Balaban J connectivity index is 1.93. The van der Waals surface area contributed by atoms with Gasteiger partial charge in [-0.3, -0.25) is 4.79 Å². The van der Waals surface area contributed by atoms with E-state index in [1.807, 2.05) is 0 Å². The van der Waals surface area contributed by atoms with E-state index in [-0.39, 0.29) is 11.7 Å². The molecule has 1 fully saturated rings. The molecule has 0 aliphatic heterocycles. The first-order valence-electron chi connectivity index (χ1n) is 6.83. The summed E-state index contributed by atoms with van der Waals surface area (Å²) in [6.45, 7) is 0.656. The van der Waals surface area contributed by atoms with Crippen molar-refractivity contribution in [3.8, 4) is 5.75 Å². The molecule has 2 rings (SSSR count). The Hall–Kier alpha value is -1.10. The van der Waals surface area contributed by atoms with Crippen molar-refractivity contribution in [2.45, 2.75) is 19.3 Å². The summed E-state index contributed by atoms with van der Waals surface area (Å²) in [5, 5.41) is 3.88. The molecule has 5 heteroatoms. The highest BCUT2D eigenvalue weighted by Gasteiger charge is 2.26. The average molecular weight is 344 g/mol. The van der Waals surface area contributed by atoms with Gasteiger partial charge in [-0.2, -0.15) is 0 Å². The quantitative estimate of drug-likeness (QED) is 0.832. The second-order valence-corrected chi connectivity index (χ2v) is 5.81. The number of hydrogen-bond acceptors (Lipinski definition) is 2. The van der Waals surface area contributed by atoms with Gasteiger partial charge in [-0.15, -0.1) is 0 Å². The van der Waals surface area contributed by atoms with Gasteiger partial charge in [0.15, 0.2) is 11.6 Å². The third kappa shape index (κ3) is 3.51. The van der Waals surface area contributed by atoms with Gasteiger partial charge in [0.05, 0.1) is 7.11 Å². The van der Waals surface area contributed by atoms with Crippen molar-refractivity contribution >= 4 is 21.8 Å². The number of rotatable bonds is 5. The van der Waals surface area contributed by atoms with Crippen LogP contribution in [0.25, 0.3) is 0 Å². The Kier molecular flexibility index (Phi) is 5.40. The predicted molar refractivity (Wildman–Crippen MR) is 79.9 cm³/mol. The maximum Gasteiger partial charge on any atom is 0.251 e. The molecule has 0 radical (unpaired) electrons. The minimum atomic E-state index is -0.514. The molecule has 0 aromatic heterocycles. The number of nitrogens with one attached hydrogen (secondary N) is 1. The van der Waals surface area contributed by atoms with Crippen LogP contribution in [0.15, 0.2) is 18.2 Å². The molecule has 1 aliphatic rings. The zero-order valence-electron chi connectivity index (χ0n) is 11.5. The van der Waals surface area contributed by atoms with Gasteiger partial charge in [0.1, 0.15) is 0 Å². The van der Waals surface area contributed by atoms with Crippen LogP contribution in [0.4, 0.5) is 4.39 Å². The van der Waals surface area contributed by atoms with Crippen molar-refractivity contribution in [3.63, 3.8) is 0 Å². The number of ether oxygens (including phenoxy) is 1. The van der Waals surface area contributed by atoms with Crippen LogP contribution in [0.3, 0.4) is 0 Å². The Bertz CT molecular complexity index is 481. The van der Waals surface area contributed by atoms with Crippen LogP contribution in [0.1, 0.15) is 29.6 Å². The van der Waals surface area contributed by atoms with Gasteiger partial charge in [0, 0.05) is 17.4 Å². The summed E-state index contributed by atoms with van der Waals surface area (Å²) < 4.78 is 18.4. The maximum absolute atomic E-state index is 13.6. The Morgan fingerprint density at radius 1 is 1.45 bits per heavy atom. The molecule has 0 spiro atoms. The molecule has 1 aliphatic carbocycles. The largest absolute Gasteiger partial charge is 0.494 e. The first-order valence-corrected chi connectivity index (χ1v) is 7.95. The number of alkyl halides is 1. The number of halogens is 2. The van der Waals surface area contributed by atoms with Crippen molar-refractivity contribution in [1.82, 2.24) is 5.32 Å². The van der Waals surface area contributed by atoms with Crippen molar-refractivity contribution in [2.24, 2.45) is 11.8 Å². The van der Waals surface area contributed by atoms with Crippen molar-refractivity contribution in [3.05, 3.63) is 29.6 Å². The monoisotopic (exact) mass is 343 g/mol. The Morgan fingerprint density at radius 2 is 2.20 bits per heavy atom. The summed E-state index contributed by atoms with van der Waals surface area (Å²) >= 11 is 3.52. The van der Waals surface area contributed by atoms with Crippen molar-refractivity contribution in [2.75, 3.05) is 19.0 Å². The van der Waals surface area contributed by atoms with Gasteiger partial charge in [-0.25, -0.2) is 4.39 Å². The van der Waals surface area contributed by atoms with Crippen molar-refractivity contribution < 1.29 is 13.9 Å². The smallest absolute Gasteiger partial charge is 0.251 e. The molecule has 1 amide bonds. The van der Waals surface area contributed by atoms with E-state index in [0.717, 1.165) is 11.8 Å². The number of amides is 1. The highest BCUT2D eigenvalue weighted by Crippen LogP contribution is 2.32. The summed E-state index contributed by atoms with van der Waals surface area (Å²) in [5.74, 6) is 0.548. The van der Waals surface area contributed by atoms with E-state index in [2.05, 4.69) is 21.2 Å². The van der Waals surface area contributed by atoms with Crippen LogP contribution >= 0.6 is 15.9 Å². The highest BCUT2D eigenvalue weighted by atomic mass is 79.9. The molecule has 2 atom stereocenters. The van der Waals surface area contributed by atoms with Gasteiger partial charge in [0.2, 0.25) is 0 Å². The zero-order valence-corrected chi connectivity index (χ0v) is 13.1. The summed E-state index contributed by atoms with van der Waals surface area (Å²) in [7, 11) is 1.40. The van der Waals surface area contributed by atoms with E-state index < -0.39 is 5.82 Å². The standard InChI is InChI=1S/C15H19BrFNO2/c1-20-14-6-5-10(7-13(14)17)15(19)18-9-12-4-2-3-11(12)8-16/h5-7,11-12H,2-4,8-9H2,1H3,(H,18,19). The molecule has 110 valence electrons. The SMILES string of the molecule is COc1ccc(C(=O)NCC2CCCC2CBr)cc1F. The van der Waals surface area contributed by atoms with Crippen LogP contribution < -0.4 is 10.1 Å². The summed E-state index contributed by atoms with van der Waals surface area (Å²) in [5.41, 5.74) is 0.330. The predicted octanol–water partition coefficient (Wildman–Crippen LogP) is 3.38. The first-order chi connectivity index (χ1) is 9.65. The number of carbonyl (C=O) groups is 1. The Morgan fingerprint density at radius 3 is 2.85 bits per heavy atom. The van der Waals surface area contributed by atoms with Crippen LogP contribution in [0, 0.1) is 17.7 Å². The molecule has 1 aromatic rings. The van der Waals surface area contributed by atoms with Gasteiger partial charge in [0.25, 0.3) is 5.91 Å². The number of benzene rings is 1. The maximum atomic E-state index is 13.6. The average Bonchev–Trinajstić information content (AvgIpc) is 2.92. The fraction of sp³-hybridized carbons (Fsp3) is 0.533. The lowest BCUT2D eigenvalue weighted by Gasteiger charge is -2.17. The third-order valence-corrected chi connectivity index (χ3v) is 4.79. The fourth-order valence-electron chi connectivity index (χ4n) is 2.72. The van der Waals surface area contributed by atoms with E-state index in [1.165, 1.54) is 32.1 Å². The number of carbonyl (C=O) groups excluding carboxylic acids is 1. The lowest BCUT2D eigenvalue weighted by atomic mass is 9.98. The topological polar surface area (TPSA) is 38.3 Å². The molecule has 0 bridgehead atoms. The molecular weight excluding hydrogens is 325 g/mol. The van der Waals surface area contributed by atoms with Gasteiger partial charge < -0.3 is 10.1 Å². The van der Waals surface area contributed by atoms with Gasteiger partial charge in [-0.05, 0) is 42.9 Å². The van der Waals surface area contributed by atoms with Crippen LogP contribution in [-0.2, 0) is 0 Å². The molecule has 1 N–H and O–H groups in total. The lowest BCUT2D eigenvalue weighted by Crippen LogP contribution is -2.31. The minimum Gasteiger partial charge on any atom is -0.494 e. The zero-order chi connectivity index (χ0) is 14.5. The normalized spacial score (nSPS) is 21.8. The summed E-state index contributed by atoms with van der Waals surface area (Å²) in [6, 6.07) is 4.26. The van der Waals surface area contributed by atoms with Gasteiger partial charge in [-0.1, -0.05) is 22.4 Å². The second kappa shape index (κ2) is 7.07. The van der Waals surface area contributed by atoms with Gasteiger partial charge >= 0.3 is 0 Å². The summed E-state index contributed by atoms with van der Waals surface area (Å²) in [6.07, 6.45) is 3.57. The number of methoxy groups -OCH3 is 1. The lowest BCUT2D eigenvalue weighted by molar-refractivity contribution is 0.0944. The molecule has 0 heterocycles. The van der Waals surface area contributed by atoms with E-state index in [0.29, 0.717) is 23.9 Å². The van der Waals surface area contributed by atoms with E-state index in [9.17, 15) is 9.18 Å². The van der Waals surface area contributed by atoms with E-state index >= 15 is 0 Å². The second-order valence-electron chi connectivity index (χ2n) is 5.16. The Labute approximate surface area is 127 Å². The van der Waals surface area contributed by atoms with Crippen LogP contribution in [0.5, 0.6) is 5.75 Å². The van der Waals surface area contributed by atoms with Crippen LogP contribution in [-0.4, -0.2) is 24.9 Å². The highest BCUT2D eigenvalue weighted by molar-refractivity contribution is 9.09. The third-order valence-electron chi connectivity index (χ3n) is 3.95. The van der Waals surface area contributed by atoms with E-state index in [4.69, 9.17) is 4.74 Å². The molecule has 3 nitrogen and oxygen atoms in total. The van der Waals surface area contributed by atoms with Crippen molar-refractivity contribution in [1.29, 1.82) is 0 Å². The molecule has 20 heavy (non-hydrogen) atoms. The fourth-order valence-corrected chi connectivity index (χ4v) is 3.57. The first kappa shape index (κ1) is 15.3.